The highest BCUT2D eigenvalue weighted by molar-refractivity contribution is 5.77. The smallest absolute Gasteiger partial charge is 0.220 e. The van der Waals surface area contributed by atoms with Gasteiger partial charge in [0.1, 0.15) is 5.75 Å². The first kappa shape index (κ1) is 15.2. The molecule has 126 valence electrons. The number of H-pyrrole nitrogens is 1. The van der Waals surface area contributed by atoms with Gasteiger partial charge in [-0.25, -0.2) is 0 Å². The minimum absolute atomic E-state index is 0.0873. The van der Waals surface area contributed by atoms with Gasteiger partial charge in [-0.1, -0.05) is 18.2 Å². The van der Waals surface area contributed by atoms with Gasteiger partial charge in [0.2, 0.25) is 5.91 Å². The molecule has 4 rings (SSSR count). The molecule has 0 saturated carbocycles. The molecule has 2 aromatic rings. The molecule has 5 heteroatoms. The summed E-state index contributed by atoms with van der Waals surface area (Å²) in [5.41, 5.74) is 4.73. The van der Waals surface area contributed by atoms with Crippen molar-refractivity contribution in [3.05, 3.63) is 46.8 Å². The van der Waals surface area contributed by atoms with E-state index in [9.17, 15) is 4.79 Å². The van der Waals surface area contributed by atoms with Gasteiger partial charge in [0.25, 0.3) is 0 Å². The molecule has 1 unspecified atom stereocenters. The number of nitrogens with one attached hydrogen (secondary N) is 2. The summed E-state index contributed by atoms with van der Waals surface area (Å²) in [4.78, 5) is 12.4. The van der Waals surface area contributed by atoms with Crippen LogP contribution in [0.5, 0.6) is 5.75 Å². The highest BCUT2D eigenvalue weighted by atomic mass is 16.5. The van der Waals surface area contributed by atoms with E-state index in [0.717, 1.165) is 36.3 Å². The summed E-state index contributed by atoms with van der Waals surface area (Å²) < 4.78 is 5.67. The number of aromatic amines is 1. The highest BCUT2D eigenvalue weighted by Crippen LogP contribution is 2.35. The lowest BCUT2D eigenvalue weighted by Crippen LogP contribution is -2.27. The van der Waals surface area contributed by atoms with Crippen molar-refractivity contribution in [3.63, 3.8) is 0 Å². The number of ether oxygens (including phenoxy) is 1. The maximum absolute atomic E-state index is 12.4. The van der Waals surface area contributed by atoms with Crippen molar-refractivity contribution in [1.29, 1.82) is 0 Å². The molecule has 5 nitrogen and oxygen atoms in total. The Labute approximate surface area is 141 Å². The summed E-state index contributed by atoms with van der Waals surface area (Å²) in [6.07, 6.45) is 5.99. The van der Waals surface area contributed by atoms with Crippen molar-refractivity contribution in [2.45, 2.75) is 51.0 Å². The average Bonchev–Trinajstić information content (AvgIpc) is 3.04. The van der Waals surface area contributed by atoms with Crippen LogP contribution in [0.2, 0.25) is 0 Å². The van der Waals surface area contributed by atoms with Crippen LogP contribution in [0.1, 0.15) is 54.1 Å². The molecule has 0 saturated heterocycles. The number of benzene rings is 1. The first-order valence-electron chi connectivity index (χ1n) is 8.84. The van der Waals surface area contributed by atoms with Crippen molar-refractivity contribution >= 4 is 5.91 Å². The number of carbonyl (C=O) groups is 1. The topological polar surface area (TPSA) is 67.0 Å². The average molecular weight is 325 g/mol. The van der Waals surface area contributed by atoms with Crippen molar-refractivity contribution < 1.29 is 9.53 Å². The van der Waals surface area contributed by atoms with Gasteiger partial charge in [-0.2, -0.15) is 5.10 Å². The van der Waals surface area contributed by atoms with Gasteiger partial charge in [-0.05, 0) is 55.2 Å². The molecule has 1 amide bonds. The second kappa shape index (κ2) is 6.67. The second-order valence-corrected chi connectivity index (χ2v) is 6.69. The largest absolute Gasteiger partial charge is 0.493 e. The minimum Gasteiger partial charge on any atom is -0.493 e. The third kappa shape index (κ3) is 3.03. The Morgan fingerprint density at radius 3 is 3.12 bits per heavy atom. The van der Waals surface area contributed by atoms with Crippen LogP contribution in [0.25, 0.3) is 0 Å². The fourth-order valence-corrected chi connectivity index (χ4v) is 3.80. The lowest BCUT2D eigenvalue weighted by atomic mass is 9.90. The van der Waals surface area contributed by atoms with Crippen molar-refractivity contribution in [1.82, 2.24) is 15.5 Å². The van der Waals surface area contributed by atoms with E-state index in [2.05, 4.69) is 21.6 Å². The number of aryl methyl sites for hydroxylation is 1. The molecule has 24 heavy (non-hydrogen) atoms. The summed E-state index contributed by atoms with van der Waals surface area (Å²) >= 11 is 0. The highest BCUT2D eigenvalue weighted by Gasteiger charge is 2.24. The first-order valence-corrected chi connectivity index (χ1v) is 8.84. The Morgan fingerprint density at radius 1 is 1.29 bits per heavy atom. The zero-order valence-electron chi connectivity index (χ0n) is 13.8. The van der Waals surface area contributed by atoms with Crippen molar-refractivity contribution in [2.75, 3.05) is 6.61 Å². The Balaban J connectivity index is 1.37. The van der Waals surface area contributed by atoms with E-state index in [-0.39, 0.29) is 11.8 Å². The van der Waals surface area contributed by atoms with E-state index in [1.54, 1.807) is 0 Å². The fraction of sp³-hybridized carbons (Fsp3) is 0.474. The number of nitrogens with zero attached hydrogens (tertiary/aromatic N) is 1. The normalized spacial score (nSPS) is 19.1. The van der Waals surface area contributed by atoms with E-state index in [1.807, 2.05) is 18.2 Å². The van der Waals surface area contributed by atoms with E-state index in [0.29, 0.717) is 19.6 Å². The van der Waals surface area contributed by atoms with Gasteiger partial charge in [0.15, 0.2) is 0 Å². The summed E-state index contributed by atoms with van der Waals surface area (Å²) in [6, 6.07) is 8.03. The molecule has 0 bridgehead atoms. The summed E-state index contributed by atoms with van der Waals surface area (Å²) in [6.45, 7) is 1.21. The molecule has 0 radical (unpaired) electrons. The molecule has 1 aromatic heterocycles. The molecule has 1 atom stereocenters. The number of fused-ring (bicyclic) bond motifs is 2. The molecule has 2 N–H and O–H groups in total. The lowest BCUT2D eigenvalue weighted by Gasteiger charge is -2.25. The number of aromatic nitrogens is 2. The maximum Gasteiger partial charge on any atom is 0.220 e. The van der Waals surface area contributed by atoms with Crippen molar-refractivity contribution in [3.8, 4) is 5.75 Å². The lowest BCUT2D eigenvalue weighted by molar-refractivity contribution is -0.121. The van der Waals surface area contributed by atoms with E-state index < -0.39 is 0 Å². The zero-order chi connectivity index (χ0) is 16.4. The minimum atomic E-state index is 0.0873. The Hall–Kier alpha value is -2.30. The predicted molar refractivity (Wildman–Crippen MR) is 91.0 cm³/mol. The number of amides is 1. The number of hydrogen-bond donors (Lipinski definition) is 2. The monoisotopic (exact) mass is 325 g/mol. The number of carbonyl (C=O) groups excluding carboxylic acids is 1. The van der Waals surface area contributed by atoms with E-state index >= 15 is 0 Å². The molecular weight excluding hydrogens is 302 g/mol. The maximum atomic E-state index is 12.4. The molecular formula is C19H23N3O2. The van der Waals surface area contributed by atoms with Gasteiger partial charge in [0, 0.05) is 12.1 Å². The van der Waals surface area contributed by atoms with Gasteiger partial charge in [-0.3, -0.25) is 9.89 Å². The first-order chi connectivity index (χ1) is 11.8. The van der Waals surface area contributed by atoms with Gasteiger partial charge in [0.05, 0.1) is 18.8 Å². The van der Waals surface area contributed by atoms with E-state index in [4.69, 9.17) is 4.74 Å². The molecule has 0 spiro atoms. The standard InChI is InChI=1S/C19H23N3O2/c23-19(11-13-9-10-24-18-8-4-2-5-14(13)18)20-12-17-15-6-1-3-7-16(15)21-22-17/h2,4-5,8,13H,1,3,6-7,9-12H2,(H,20,23)(H,21,22). The number of rotatable bonds is 4. The number of para-hydroxylation sites is 1. The zero-order valence-corrected chi connectivity index (χ0v) is 13.8. The summed E-state index contributed by atoms with van der Waals surface area (Å²) in [7, 11) is 0. The van der Waals surface area contributed by atoms with Crippen molar-refractivity contribution in [2.24, 2.45) is 0 Å². The van der Waals surface area contributed by atoms with Crippen LogP contribution in [-0.4, -0.2) is 22.7 Å². The summed E-state index contributed by atoms with van der Waals surface area (Å²) in [5.74, 6) is 1.25. The number of hydrogen-bond acceptors (Lipinski definition) is 3. The molecule has 0 fully saturated rings. The molecule has 1 aromatic carbocycles. The van der Waals surface area contributed by atoms with Crippen LogP contribution in [0, 0.1) is 0 Å². The van der Waals surface area contributed by atoms with E-state index in [1.165, 1.54) is 24.1 Å². The molecule has 2 aliphatic rings. The van der Waals surface area contributed by atoms with Crippen LogP contribution in [0.4, 0.5) is 0 Å². The van der Waals surface area contributed by atoms with Crippen LogP contribution < -0.4 is 10.1 Å². The Morgan fingerprint density at radius 2 is 2.17 bits per heavy atom. The molecule has 2 heterocycles. The molecule has 1 aliphatic carbocycles. The van der Waals surface area contributed by atoms with Crippen LogP contribution in [0.3, 0.4) is 0 Å². The quantitative estimate of drug-likeness (QED) is 0.908. The van der Waals surface area contributed by atoms with Crippen LogP contribution >= 0.6 is 0 Å². The SMILES string of the molecule is O=C(CC1CCOc2ccccc21)NCc1n[nH]c2c1CCCC2. The third-order valence-corrected chi connectivity index (χ3v) is 5.11. The fourth-order valence-electron chi connectivity index (χ4n) is 3.80. The third-order valence-electron chi connectivity index (χ3n) is 5.11. The second-order valence-electron chi connectivity index (χ2n) is 6.69. The van der Waals surface area contributed by atoms with Gasteiger partial charge < -0.3 is 10.1 Å². The Bertz CT molecular complexity index is 738. The summed E-state index contributed by atoms with van der Waals surface area (Å²) in [5, 5.41) is 10.6. The van der Waals surface area contributed by atoms with Crippen LogP contribution in [-0.2, 0) is 24.2 Å². The van der Waals surface area contributed by atoms with Crippen LogP contribution in [0.15, 0.2) is 24.3 Å². The predicted octanol–water partition coefficient (Wildman–Crippen LogP) is 2.86. The molecule has 1 aliphatic heterocycles. The Kier molecular flexibility index (Phi) is 4.24. The van der Waals surface area contributed by atoms with Gasteiger partial charge >= 0.3 is 0 Å². The van der Waals surface area contributed by atoms with Gasteiger partial charge in [-0.15, -0.1) is 0 Å².